The van der Waals surface area contributed by atoms with Crippen LogP contribution in [0.1, 0.15) is 12.1 Å². The van der Waals surface area contributed by atoms with Crippen LogP contribution in [0.25, 0.3) is 5.65 Å². The van der Waals surface area contributed by atoms with E-state index in [4.69, 9.17) is 17.3 Å². The first kappa shape index (κ1) is 9.43. The van der Waals surface area contributed by atoms with Gasteiger partial charge in [0.1, 0.15) is 0 Å². The Bertz CT molecular complexity index is 437. The molecule has 2 aromatic rings. The number of halogens is 1. The predicted molar refractivity (Wildman–Crippen MR) is 55.4 cm³/mol. The summed E-state index contributed by atoms with van der Waals surface area (Å²) in [4.78, 5) is 4.15. The molecule has 5 heteroatoms. The van der Waals surface area contributed by atoms with Gasteiger partial charge in [0.2, 0.25) is 0 Å². The van der Waals surface area contributed by atoms with Crippen LogP contribution >= 0.6 is 11.6 Å². The first-order valence-corrected chi connectivity index (χ1v) is 4.87. The summed E-state index contributed by atoms with van der Waals surface area (Å²) in [6, 6.07) is 1.95. The van der Waals surface area contributed by atoms with Gasteiger partial charge in [0.25, 0.3) is 0 Å². The van der Waals surface area contributed by atoms with Crippen molar-refractivity contribution >= 4 is 17.2 Å². The minimum Gasteiger partial charge on any atom is -0.330 e. The Morgan fingerprint density at radius 2 is 2.36 bits per heavy atom. The molecule has 0 saturated heterocycles. The van der Waals surface area contributed by atoms with Gasteiger partial charge in [0.05, 0.1) is 16.9 Å². The molecule has 0 bridgehead atoms. The molecule has 4 nitrogen and oxygen atoms in total. The fourth-order valence-corrected chi connectivity index (χ4v) is 1.45. The maximum Gasteiger partial charge on any atom is 0.155 e. The lowest BCUT2D eigenvalue weighted by molar-refractivity contribution is 0.788. The number of nitrogens with zero attached hydrogens (tertiary/aromatic N) is 3. The Balaban J connectivity index is 2.32. The van der Waals surface area contributed by atoms with Crippen LogP contribution in [0.3, 0.4) is 0 Å². The summed E-state index contributed by atoms with van der Waals surface area (Å²) >= 11 is 5.79. The highest BCUT2D eigenvalue weighted by molar-refractivity contribution is 6.30. The fourth-order valence-electron chi connectivity index (χ4n) is 1.31. The number of aromatic nitrogens is 3. The molecule has 0 atom stereocenters. The molecule has 0 unspecified atom stereocenters. The highest BCUT2D eigenvalue weighted by atomic mass is 35.5. The smallest absolute Gasteiger partial charge is 0.155 e. The first-order chi connectivity index (χ1) is 6.79. The van der Waals surface area contributed by atoms with Crippen LogP contribution in [-0.2, 0) is 6.42 Å². The Labute approximate surface area is 86.7 Å². The molecule has 2 heterocycles. The van der Waals surface area contributed by atoms with Gasteiger partial charge in [-0.15, -0.1) is 0 Å². The normalized spacial score (nSPS) is 11.0. The molecule has 0 aromatic carbocycles. The van der Waals surface area contributed by atoms with E-state index in [1.807, 2.05) is 6.07 Å². The summed E-state index contributed by atoms with van der Waals surface area (Å²) < 4.78 is 1.69. The summed E-state index contributed by atoms with van der Waals surface area (Å²) in [6.07, 6.45) is 5.19. The summed E-state index contributed by atoms with van der Waals surface area (Å²) in [5, 5.41) is 4.91. The van der Waals surface area contributed by atoms with Crippen LogP contribution in [-0.4, -0.2) is 21.1 Å². The SMILES string of the molecule is NCCCc1cc2ncc(Cl)cn2n1. The maximum atomic E-state index is 5.79. The first-order valence-electron chi connectivity index (χ1n) is 4.49. The average Bonchev–Trinajstić information content (AvgIpc) is 2.56. The monoisotopic (exact) mass is 210 g/mol. The second-order valence-corrected chi connectivity index (χ2v) is 3.54. The molecule has 2 rings (SSSR count). The van der Waals surface area contributed by atoms with Crippen molar-refractivity contribution in [2.45, 2.75) is 12.8 Å². The molecule has 2 aromatic heterocycles. The Kier molecular flexibility index (Phi) is 2.65. The van der Waals surface area contributed by atoms with Crippen molar-refractivity contribution < 1.29 is 0 Å². The lowest BCUT2D eigenvalue weighted by Crippen LogP contribution is -2.00. The molecule has 0 aliphatic rings. The molecular formula is C9H11ClN4. The predicted octanol–water partition coefficient (Wildman–Crippen LogP) is 1.27. The van der Waals surface area contributed by atoms with Crippen molar-refractivity contribution in [2.75, 3.05) is 6.54 Å². The quantitative estimate of drug-likeness (QED) is 0.830. The molecule has 74 valence electrons. The largest absolute Gasteiger partial charge is 0.330 e. The molecule has 2 N–H and O–H groups in total. The van der Waals surface area contributed by atoms with Gasteiger partial charge in [-0.2, -0.15) is 5.10 Å². The van der Waals surface area contributed by atoms with Crippen molar-refractivity contribution in [1.29, 1.82) is 0 Å². The number of rotatable bonds is 3. The van der Waals surface area contributed by atoms with Crippen molar-refractivity contribution in [3.05, 3.63) is 29.2 Å². The van der Waals surface area contributed by atoms with E-state index in [0.29, 0.717) is 11.6 Å². The van der Waals surface area contributed by atoms with Gasteiger partial charge < -0.3 is 5.73 Å². The van der Waals surface area contributed by atoms with E-state index >= 15 is 0 Å². The molecule has 0 saturated carbocycles. The summed E-state index contributed by atoms with van der Waals surface area (Å²) in [6.45, 7) is 0.683. The number of nitrogens with two attached hydrogens (primary N) is 1. The van der Waals surface area contributed by atoms with E-state index in [1.165, 1.54) is 0 Å². The average molecular weight is 211 g/mol. The van der Waals surface area contributed by atoms with Crippen molar-refractivity contribution in [3.8, 4) is 0 Å². The van der Waals surface area contributed by atoms with Gasteiger partial charge in [-0.05, 0) is 19.4 Å². The number of fused-ring (bicyclic) bond motifs is 1. The van der Waals surface area contributed by atoms with E-state index < -0.39 is 0 Å². The van der Waals surface area contributed by atoms with Gasteiger partial charge in [0.15, 0.2) is 5.65 Å². The fraction of sp³-hybridized carbons (Fsp3) is 0.333. The van der Waals surface area contributed by atoms with Crippen molar-refractivity contribution in [1.82, 2.24) is 14.6 Å². The number of hydrogen-bond donors (Lipinski definition) is 1. The highest BCUT2D eigenvalue weighted by Crippen LogP contribution is 2.10. The van der Waals surface area contributed by atoms with Crippen LogP contribution in [0.5, 0.6) is 0 Å². The van der Waals surface area contributed by atoms with E-state index in [1.54, 1.807) is 16.9 Å². The van der Waals surface area contributed by atoms with Crippen molar-refractivity contribution in [3.63, 3.8) is 0 Å². The topological polar surface area (TPSA) is 56.2 Å². The standard InChI is InChI=1S/C9H11ClN4/c10-7-5-12-9-4-8(2-1-3-11)13-14(9)6-7/h4-6H,1-3,11H2. The Morgan fingerprint density at radius 3 is 3.14 bits per heavy atom. The van der Waals surface area contributed by atoms with Crippen molar-refractivity contribution in [2.24, 2.45) is 5.73 Å². The van der Waals surface area contributed by atoms with E-state index in [2.05, 4.69) is 10.1 Å². The van der Waals surface area contributed by atoms with Crippen LogP contribution in [0, 0.1) is 0 Å². The lowest BCUT2D eigenvalue weighted by Gasteiger charge is -1.91. The minimum atomic E-state index is 0.589. The minimum absolute atomic E-state index is 0.589. The second kappa shape index (κ2) is 3.94. The zero-order chi connectivity index (χ0) is 9.97. The zero-order valence-electron chi connectivity index (χ0n) is 7.65. The molecule has 0 aliphatic heterocycles. The van der Waals surface area contributed by atoms with E-state index in [-0.39, 0.29) is 0 Å². The third-order valence-corrected chi connectivity index (χ3v) is 2.16. The number of aryl methyl sites for hydroxylation is 1. The van der Waals surface area contributed by atoms with Gasteiger partial charge in [0, 0.05) is 12.3 Å². The van der Waals surface area contributed by atoms with E-state index in [0.717, 1.165) is 24.2 Å². The third kappa shape index (κ3) is 1.86. The molecular weight excluding hydrogens is 200 g/mol. The third-order valence-electron chi connectivity index (χ3n) is 1.97. The summed E-state index contributed by atoms with van der Waals surface area (Å²) in [7, 11) is 0. The highest BCUT2D eigenvalue weighted by Gasteiger charge is 2.02. The maximum absolute atomic E-state index is 5.79. The van der Waals surface area contributed by atoms with Crippen LogP contribution in [0.2, 0.25) is 5.02 Å². The van der Waals surface area contributed by atoms with Gasteiger partial charge in [-0.25, -0.2) is 9.50 Å². The molecule has 0 aliphatic carbocycles. The Hall–Kier alpha value is -1.13. The second-order valence-electron chi connectivity index (χ2n) is 3.10. The summed E-state index contributed by atoms with van der Waals surface area (Å²) in [5.74, 6) is 0. The van der Waals surface area contributed by atoms with Gasteiger partial charge in [-0.1, -0.05) is 11.6 Å². The van der Waals surface area contributed by atoms with E-state index in [9.17, 15) is 0 Å². The van der Waals surface area contributed by atoms with Crippen LogP contribution < -0.4 is 5.73 Å². The Morgan fingerprint density at radius 1 is 1.50 bits per heavy atom. The van der Waals surface area contributed by atoms with Gasteiger partial charge in [-0.3, -0.25) is 0 Å². The molecule has 0 spiro atoms. The molecule has 0 fully saturated rings. The van der Waals surface area contributed by atoms with Crippen LogP contribution in [0.4, 0.5) is 0 Å². The molecule has 14 heavy (non-hydrogen) atoms. The number of hydrogen-bond acceptors (Lipinski definition) is 3. The molecule has 0 radical (unpaired) electrons. The van der Waals surface area contributed by atoms with Gasteiger partial charge >= 0.3 is 0 Å². The van der Waals surface area contributed by atoms with Crippen LogP contribution in [0.15, 0.2) is 18.5 Å². The summed E-state index contributed by atoms with van der Waals surface area (Å²) in [5.41, 5.74) is 7.25. The zero-order valence-corrected chi connectivity index (χ0v) is 8.41. The molecule has 0 amide bonds. The lowest BCUT2D eigenvalue weighted by atomic mass is 10.2.